The Labute approximate surface area is 178 Å². The van der Waals surface area contributed by atoms with Crippen LogP contribution in [-0.4, -0.2) is 29.7 Å². The van der Waals surface area contributed by atoms with E-state index in [1.54, 1.807) is 6.92 Å². The highest BCUT2D eigenvalue weighted by Gasteiger charge is 2.22. The first-order valence-electron chi connectivity index (χ1n) is 8.52. The highest BCUT2D eigenvalue weighted by atomic mass is 35.5. The zero-order valence-corrected chi connectivity index (χ0v) is 16.8. The second-order valence-electron chi connectivity index (χ2n) is 6.32. The van der Waals surface area contributed by atoms with Crippen molar-refractivity contribution in [3.63, 3.8) is 0 Å². The maximum atomic E-state index is 14.0. The lowest BCUT2D eigenvalue weighted by atomic mass is 10.2. The minimum Gasteiger partial charge on any atom is -0.382 e. The number of anilines is 3. The second kappa shape index (κ2) is 7.43. The number of nitrogens with one attached hydrogen (secondary N) is 2. The van der Waals surface area contributed by atoms with Crippen molar-refractivity contribution >= 4 is 51.7 Å². The topological polar surface area (TPSA) is 153 Å². The van der Waals surface area contributed by atoms with Gasteiger partial charge in [-0.1, -0.05) is 23.2 Å². The summed E-state index contributed by atoms with van der Waals surface area (Å²) in [6.07, 6.45) is 2.91. The molecule has 0 aliphatic rings. The molecule has 0 saturated carbocycles. The Morgan fingerprint density at radius 1 is 1.20 bits per heavy atom. The van der Waals surface area contributed by atoms with Gasteiger partial charge in [0.05, 0.1) is 33.9 Å². The maximum absolute atomic E-state index is 14.0. The molecule has 154 valence electrons. The van der Waals surface area contributed by atoms with Crippen LogP contribution in [-0.2, 0) is 0 Å². The normalized spacial score (nSPS) is 12.3. The van der Waals surface area contributed by atoms with Crippen molar-refractivity contribution in [2.45, 2.75) is 13.0 Å². The molecule has 0 saturated heterocycles. The van der Waals surface area contributed by atoms with Gasteiger partial charge in [-0.3, -0.25) is 14.5 Å². The van der Waals surface area contributed by atoms with Gasteiger partial charge in [0.15, 0.2) is 5.82 Å². The Morgan fingerprint density at radius 3 is 2.67 bits per heavy atom. The molecule has 1 atom stereocenters. The molecule has 1 aromatic carbocycles. The molecule has 4 aromatic rings. The monoisotopic (exact) mass is 449 g/mol. The number of H-pyrrole nitrogens is 1. The smallest absolute Gasteiger partial charge is 0.267 e. The largest absolute Gasteiger partial charge is 0.382 e. The van der Waals surface area contributed by atoms with Crippen LogP contribution in [0.4, 0.5) is 22.0 Å². The molecule has 0 fully saturated rings. The number of hydrogen-bond acceptors (Lipinski definition) is 8. The average Bonchev–Trinajstić information content (AvgIpc) is 3.22. The van der Waals surface area contributed by atoms with Gasteiger partial charge in [0.2, 0.25) is 5.95 Å². The van der Waals surface area contributed by atoms with Gasteiger partial charge in [-0.15, -0.1) is 0 Å². The summed E-state index contributed by atoms with van der Waals surface area (Å²) in [5.41, 5.74) is 11.4. The molecule has 1 unspecified atom stereocenters. The first kappa shape index (κ1) is 19.9. The molecular formula is C17H14Cl2FN9O. The molecule has 4 rings (SSSR count). The van der Waals surface area contributed by atoms with E-state index in [0.717, 1.165) is 6.07 Å². The van der Waals surface area contributed by atoms with E-state index in [2.05, 4.69) is 30.5 Å². The minimum absolute atomic E-state index is 0.000167. The van der Waals surface area contributed by atoms with Crippen molar-refractivity contribution < 1.29 is 4.39 Å². The van der Waals surface area contributed by atoms with Crippen molar-refractivity contribution in [1.29, 1.82) is 0 Å². The van der Waals surface area contributed by atoms with E-state index in [1.807, 2.05) is 0 Å². The van der Waals surface area contributed by atoms with E-state index in [1.165, 1.54) is 23.0 Å². The molecule has 0 amide bonds. The maximum Gasteiger partial charge on any atom is 0.267 e. The summed E-state index contributed by atoms with van der Waals surface area (Å²) in [5.74, 6) is -0.366. The highest BCUT2D eigenvalue weighted by Crippen LogP contribution is 2.30. The molecule has 0 radical (unpaired) electrons. The van der Waals surface area contributed by atoms with E-state index in [4.69, 9.17) is 34.7 Å². The van der Waals surface area contributed by atoms with Gasteiger partial charge in [0, 0.05) is 6.20 Å². The van der Waals surface area contributed by atoms with E-state index >= 15 is 0 Å². The summed E-state index contributed by atoms with van der Waals surface area (Å²) in [7, 11) is 0. The Balaban J connectivity index is 1.93. The van der Waals surface area contributed by atoms with Gasteiger partial charge in [0.1, 0.15) is 22.5 Å². The third-order valence-corrected chi connectivity index (χ3v) is 5.07. The van der Waals surface area contributed by atoms with E-state index in [9.17, 15) is 9.18 Å². The Hall–Kier alpha value is -3.44. The van der Waals surface area contributed by atoms with Crippen LogP contribution >= 0.6 is 23.2 Å². The van der Waals surface area contributed by atoms with E-state index < -0.39 is 17.4 Å². The van der Waals surface area contributed by atoms with Crippen molar-refractivity contribution in [2.24, 2.45) is 0 Å². The molecule has 6 N–H and O–H groups in total. The predicted molar refractivity (Wildman–Crippen MR) is 112 cm³/mol. The zero-order valence-electron chi connectivity index (χ0n) is 15.3. The SMILES string of the molecule is CC(Nc1nc(N)nc(N)c1Cl)c1nc2ccc(F)c(Cl)c2c(=O)n1-c1cn[nH]c1. The number of nitrogen functional groups attached to an aromatic ring is 2. The van der Waals surface area contributed by atoms with Gasteiger partial charge in [-0.2, -0.15) is 15.1 Å². The highest BCUT2D eigenvalue weighted by molar-refractivity contribution is 6.35. The Morgan fingerprint density at radius 2 is 1.97 bits per heavy atom. The quantitative estimate of drug-likeness (QED) is 0.370. The van der Waals surface area contributed by atoms with Crippen LogP contribution in [0.2, 0.25) is 10.0 Å². The number of rotatable bonds is 4. The predicted octanol–water partition coefficient (Wildman–Crippen LogP) is 2.68. The number of aromatic nitrogens is 6. The van der Waals surface area contributed by atoms with E-state index in [-0.39, 0.29) is 44.4 Å². The van der Waals surface area contributed by atoms with Crippen molar-refractivity contribution in [2.75, 3.05) is 16.8 Å². The average molecular weight is 450 g/mol. The summed E-state index contributed by atoms with van der Waals surface area (Å²) in [6.45, 7) is 1.72. The molecule has 13 heteroatoms. The van der Waals surface area contributed by atoms with Crippen LogP contribution < -0.4 is 22.3 Å². The van der Waals surface area contributed by atoms with Crippen LogP contribution in [0.5, 0.6) is 0 Å². The van der Waals surface area contributed by atoms with Crippen LogP contribution in [0.1, 0.15) is 18.8 Å². The summed E-state index contributed by atoms with van der Waals surface area (Å²) < 4.78 is 15.2. The molecule has 0 aliphatic heterocycles. The van der Waals surface area contributed by atoms with Crippen molar-refractivity contribution in [3.05, 3.63) is 56.6 Å². The molecule has 0 aliphatic carbocycles. The number of nitrogens with zero attached hydrogens (tertiary/aromatic N) is 5. The molecule has 3 aromatic heterocycles. The van der Waals surface area contributed by atoms with Gasteiger partial charge in [-0.05, 0) is 19.1 Å². The first-order valence-corrected chi connectivity index (χ1v) is 9.28. The van der Waals surface area contributed by atoms with Crippen LogP contribution in [0.3, 0.4) is 0 Å². The summed E-state index contributed by atoms with van der Waals surface area (Å²) >= 11 is 12.2. The fraction of sp³-hybridized carbons (Fsp3) is 0.118. The van der Waals surface area contributed by atoms with E-state index in [0.29, 0.717) is 5.69 Å². The number of nitrogens with two attached hydrogens (primary N) is 2. The van der Waals surface area contributed by atoms with Crippen LogP contribution in [0.15, 0.2) is 29.3 Å². The van der Waals surface area contributed by atoms with Crippen molar-refractivity contribution in [1.82, 2.24) is 29.7 Å². The first-order chi connectivity index (χ1) is 14.3. The standard InChI is InChI=1S/C17H14Cl2FN9O/c1-6(25-14-12(19)13(21)27-17(22)28-14)15-26-9-3-2-8(20)11(18)10(9)16(30)29(15)7-4-23-24-5-7/h2-6H,1H3,(H,23,24)(H5,21,22,25,27,28). The third-order valence-electron chi connectivity index (χ3n) is 4.33. The molecule has 3 heterocycles. The number of halogens is 3. The number of fused-ring (bicyclic) bond motifs is 1. The van der Waals surface area contributed by atoms with Crippen LogP contribution in [0.25, 0.3) is 16.6 Å². The van der Waals surface area contributed by atoms with Gasteiger partial charge in [0.25, 0.3) is 5.56 Å². The Kier molecular flexibility index (Phi) is 4.92. The second-order valence-corrected chi connectivity index (χ2v) is 7.07. The number of hydrogen-bond donors (Lipinski definition) is 4. The van der Waals surface area contributed by atoms with Gasteiger partial charge < -0.3 is 16.8 Å². The number of benzene rings is 1. The molecular weight excluding hydrogens is 436 g/mol. The van der Waals surface area contributed by atoms with Crippen LogP contribution in [0, 0.1) is 5.82 Å². The lowest BCUT2D eigenvalue weighted by molar-refractivity contribution is 0.629. The molecule has 10 nitrogen and oxygen atoms in total. The Bertz CT molecular complexity index is 1320. The minimum atomic E-state index is -0.723. The summed E-state index contributed by atoms with van der Waals surface area (Å²) in [5, 5.41) is 9.23. The summed E-state index contributed by atoms with van der Waals surface area (Å²) in [4.78, 5) is 25.6. The van der Waals surface area contributed by atoms with Gasteiger partial charge in [-0.25, -0.2) is 9.37 Å². The molecule has 0 bridgehead atoms. The lowest BCUT2D eigenvalue weighted by Crippen LogP contribution is -2.27. The lowest BCUT2D eigenvalue weighted by Gasteiger charge is -2.20. The molecule has 0 spiro atoms. The third kappa shape index (κ3) is 3.27. The number of aromatic amines is 1. The fourth-order valence-corrected chi connectivity index (χ4v) is 3.36. The fourth-order valence-electron chi connectivity index (χ4n) is 2.98. The van der Waals surface area contributed by atoms with Crippen molar-refractivity contribution in [3.8, 4) is 5.69 Å². The molecule has 30 heavy (non-hydrogen) atoms. The summed E-state index contributed by atoms with van der Waals surface area (Å²) in [6, 6.07) is 1.90. The van der Waals surface area contributed by atoms with Gasteiger partial charge >= 0.3 is 0 Å². The zero-order chi connectivity index (χ0) is 21.6.